The normalized spacial score (nSPS) is 25.4. The molecule has 160 valence electrons. The van der Waals surface area contributed by atoms with Gasteiger partial charge in [-0.25, -0.2) is 4.98 Å². The number of fused-ring (bicyclic) bond motifs is 4. The van der Waals surface area contributed by atoms with Crippen molar-refractivity contribution in [1.29, 1.82) is 0 Å². The van der Waals surface area contributed by atoms with E-state index in [0.717, 1.165) is 47.0 Å². The van der Waals surface area contributed by atoms with Crippen molar-refractivity contribution in [3.8, 4) is 17.3 Å². The molecular formula is C26H29N3O2. The molecule has 0 spiro atoms. The van der Waals surface area contributed by atoms with Crippen molar-refractivity contribution < 1.29 is 9.53 Å². The summed E-state index contributed by atoms with van der Waals surface area (Å²) in [6.45, 7) is 8.45. The molecule has 2 aliphatic carbocycles. The van der Waals surface area contributed by atoms with Gasteiger partial charge in [-0.2, -0.15) is 4.98 Å². The largest absolute Gasteiger partial charge is 0.475 e. The fourth-order valence-electron chi connectivity index (χ4n) is 5.63. The number of hydrogen-bond donors (Lipinski definition) is 0. The van der Waals surface area contributed by atoms with Crippen LogP contribution in [0, 0.1) is 11.8 Å². The van der Waals surface area contributed by atoms with Crippen LogP contribution in [0.2, 0.25) is 0 Å². The van der Waals surface area contributed by atoms with Gasteiger partial charge in [0.25, 0.3) is 0 Å². The molecule has 0 bridgehead atoms. The van der Waals surface area contributed by atoms with Crippen molar-refractivity contribution in [2.45, 2.75) is 64.9 Å². The lowest BCUT2D eigenvalue weighted by Crippen LogP contribution is -2.47. The van der Waals surface area contributed by atoms with E-state index in [1.165, 1.54) is 0 Å². The molecule has 0 amide bonds. The van der Waals surface area contributed by atoms with E-state index in [-0.39, 0.29) is 17.4 Å². The molecule has 5 heteroatoms. The van der Waals surface area contributed by atoms with Crippen LogP contribution >= 0.6 is 0 Å². The molecule has 2 aromatic heterocycles. The van der Waals surface area contributed by atoms with Crippen LogP contribution in [0.25, 0.3) is 22.3 Å². The zero-order valence-corrected chi connectivity index (χ0v) is 18.7. The maximum absolute atomic E-state index is 12.5. The smallest absolute Gasteiger partial charge is 0.220 e. The second-order valence-corrected chi connectivity index (χ2v) is 9.54. The molecule has 3 atom stereocenters. The van der Waals surface area contributed by atoms with E-state index in [4.69, 9.17) is 14.7 Å². The Hall–Kier alpha value is -2.82. The highest BCUT2D eigenvalue weighted by atomic mass is 16.5. The van der Waals surface area contributed by atoms with E-state index < -0.39 is 0 Å². The van der Waals surface area contributed by atoms with Gasteiger partial charge in [0, 0.05) is 40.5 Å². The molecule has 1 aromatic carbocycles. The van der Waals surface area contributed by atoms with Crippen LogP contribution in [-0.4, -0.2) is 26.8 Å². The first kappa shape index (κ1) is 20.1. The maximum Gasteiger partial charge on any atom is 0.220 e. The molecule has 3 aromatic rings. The van der Waals surface area contributed by atoms with Gasteiger partial charge in [-0.1, -0.05) is 32.0 Å². The van der Waals surface area contributed by atoms with E-state index in [0.29, 0.717) is 29.8 Å². The highest BCUT2D eigenvalue weighted by Crippen LogP contribution is 2.52. The first-order valence-corrected chi connectivity index (χ1v) is 11.3. The van der Waals surface area contributed by atoms with E-state index >= 15 is 0 Å². The summed E-state index contributed by atoms with van der Waals surface area (Å²) in [5.74, 6) is 2.14. The average molecular weight is 416 g/mol. The zero-order chi connectivity index (χ0) is 21.8. The average Bonchev–Trinajstić information content (AvgIpc) is 2.76. The van der Waals surface area contributed by atoms with Crippen molar-refractivity contribution >= 4 is 16.7 Å². The van der Waals surface area contributed by atoms with Crippen molar-refractivity contribution in [3.05, 3.63) is 47.8 Å². The number of carbonyl (C=O) groups excluding carboxylic acids is 1. The monoisotopic (exact) mass is 415 g/mol. The van der Waals surface area contributed by atoms with Crippen LogP contribution in [0.4, 0.5) is 0 Å². The SMILES string of the molecule is CC(C)Oc1nc(-c2ccnc3ccccc23)nc2c1CC[C@@H]1[C@@H](C)C(=O)CC[C@@]21C. The summed E-state index contributed by atoms with van der Waals surface area (Å²) >= 11 is 0. The van der Waals surface area contributed by atoms with E-state index in [2.05, 4.69) is 24.9 Å². The number of benzene rings is 1. The predicted octanol–water partition coefficient (Wildman–Crippen LogP) is 5.30. The van der Waals surface area contributed by atoms with Crippen molar-refractivity contribution in [1.82, 2.24) is 15.0 Å². The lowest BCUT2D eigenvalue weighted by molar-refractivity contribution is -0.128. The Bertz CT molecular complexity index is 1170. The minimum Gasteiger partial charge on any atom is -0.475 e. The standard InChI is InChI=1S/C26H29N3O2/c1-15(2)31-25-19-9-10-20-16(3)22(30)11-13-26(20,4)23(19)28-24(29-25)18-12-14-27-21-8-6-5-7-17(18)21/h5-8,12,14-16,20H,9-11,13H2,1-4H3/t16-,20-,26-/m1/s1. The highest BCUT2D eigenvalue weighted by Gasteiger charge is 2.50. The Kier molecular flexibility index (Phi) is 4.80. The lowest BCUT2D eigenvalue weighted by atomic mass is 9.56. The second kappa shape index (κ2) is 7.40. The Labute approximate surface area is 183 Å². The van der Waals surface area contributed by atoms with Crippen LogP contribution in [-0.2, 0) is 16.6 Å². The van der Waals surface area contributed by atoms with Gasteiger partial charge in [0.2, 0.25) is 5.88 Å². The van der Waals surface area contributed by atoms with Gasteiger partial charge in [0.1, 0.15) is 5.78 Å². The third kappa shape index (κ3) is 3.22. The molecule has 5 rings (SSSR count). The molecule has 0 N–H and O–H groups in total. The second-order valence-electron chi connectivity index (χ2n) is 9.54. The molecule has 0 unspecified atom stereocenters. The van der Waals surface area contributed by atoms with Gasteiger partial charge in [0.05, 0.1) is 17.3 Å². The van der Waals surface area contributed by atoms with E-state index in [1.54, 1.807) is 0 Å². The number of ether oxygens (including phenoxy) is 1. The fraction of sp³-hybridized carbons (Fsp3) is 0.462. The van der Waals surface area contributed by atoms with Gasteiger partial charge >= 0.3 is 0 Å². The minimum atomic E-state index is -0.142. The number of Topliss-reactive ketones (excluding diaryl/α,β-unsaturated/α-hetero) is 1. The molecule has 2 aliphatic rings. The summed E-state index contributed by atoms with van der Waals surface area (Å²) in [6.07, 6.45) is 5.13. The lowest BCUT2D eigenvalue weighted by Gasteiger charge is -2.48. The van der Waals surface area contributed by atoms with E-state index in [9.17, 15) is 4.79 Å². The summed E-state index contributed by atoms with van der Waals surface area (Å²) in [4.78, 5) is 27.1. The van der Waals surface area contributed by atoms with Crippen molar-refractivity contribution in [2.24, 2.45) is 11.8 Å². The number of nitrogens with zero attached hydrogens (tertiary/aromatic N) is 3. The van der Waals surface area contributed by atoms with Gasteiger partial charge < -0.3 is 4.74 Å². The number of aromatic nitrogens is 3. The molecule has 0 saturated heterocycles. The topological polar surface area (TPSA) is 65.0 Å². The zero-order valence-electron chi connectivity index (χ0n) is 18.7. The number of para-hydroxylation sites is 1. The Balaban J connectivity index is 1.74. The molecule has 0 radical (unpaired) electrons. The number of ketones is 1. The third-order valence-electron chi connectivity index (χ3n) is 7.27. The van der Waals surface area contributed by atoms with Crippen LogP contribution in [0.15, 0.2) is 36.5 Å². The molecule has 0 aliphatic heterocycles. The fourth-order valence-corrected chi connectivity index (χ4v) is 5.63. The van der Waals surface area contributed by atoms with Gasteiger partial charge in [-0.15, -0.1) is 0 Å². The Morgan fingerprint density at radius 2 is 1.94 bits per heavy atom. The molecule has 31 heavy (non-hydrogen) atoms. The van der Waals surface area contributed by atoms with Gasteiger partial charge in [0.15, 0.2) is 5.82 Å². The molecule has 5 nitrogen and oxygen atoms in total. The molecule has 1 fully saturated rings. The van der Waals surface area contributed by atoms with E-state index in [1.807, 2.05) is 44.3 Å². The van der Waals surface area contributed by atoms with Crippen LogP contribution < -0.4 is 4.74 Å². The highest BCUT2D eigenvalue weighted by molar-refractivity contribution is 5.92. The molecule has 1 saturated carbocycles. The Morgan fingerprint density at radius 1 is 1.13 bits per heavy atom. The van der Waals surface area contributed by atoms with Gasteiger partial charge in [-0.05, 0) is 51.2 Å². The van der Waals surface area contributed by atoms with Crippen LogP contribution in [0.1, 0.15) is 58.2 Å². The van der Waals surface area contributed by atoms with Gasteiger partial charge in [-0.3, -0.25) is 9.78 Å². The predicted molar refractivity (Wildman–Crippen MR) is 121 cm³/mol. The first-order valence-electron chi connectivity index (χ1n) is 11.3. The Morgan fingerprint density at radius 3 is 2.74 bits per heavy atom. The maximum atomic E-state index is 12.5. The minimum absolute atomic E-state index is 0.0263. The molecule has 2 heterocycles. The summed E-state index contributed by atoms with van der Waals surface area (Å²) in [5, 5.41) is 1.03. The first-order chi connectivity index (χ1) is 14.9. The summed E-state index contributed by atoms with van der Waals surface area (Å²) in [7, 11) is 0. The quantitative estimate of drug-likeness (QED) is 0.581. The summed E-state index contributed by atoms with van der Waals surface area (Å²) in [6, 6.07) is 10.1. The van der Waals surface area contributed by atoms with Crippen molar-refractivity contribution in [2.75, 3.05) is 0 Å². The summed E-state index contributed by atoms with van der Waals surface area (Å²) in [5.41, 5.74) is 3.94. The van der Waals surface area contributed by atoms with Crippen molar-refractivity contribution in [3.63, 3.8) is 0 Å². The number of carbonyl (C=O) groups is 1. The number of rotatable bonds is 3. The number of pyridine rings is 1. The summed E-state index contributed by atoms with van der Waals surface area (Å²) < 4.78 is 6.23. The molecular weight excluding hydrogens is 386 g/mol. The van der Waals surface area contributed by atoms with Crippen LogP contribution in [0.3, 0.4) is 0 Å². The third-order valence-corrected chi connectivity index (χ3v) is 7.27. The van der Waals surface area contributed by atoms with Crippen LogP contribution in [0.5, 0.6) is 5.88 Å². The number of hydrogen-bond acceptors (Lipinski definition) is 5.